The van der Waals surface area contributed by atoms with Gasteiger partial charge in [-0.25, -0.2) is 0 Å². The van der Waals surface area contributed by atoms with E-state index in [0.717, 1.165) is 24.3 Å². The Hall–Kier alpha value is -0.770. The molecule has 1 aromatic rings. The van der Waals surface area contributed by atoms with Crippen LogP contribution in [0.2, 0.25) is 5.02 Å². The zero-order chi connectivity index (χ0) is 13.5. The molecule has 4 heteroatoms. The van der Waals surface area contributed by atoms with Crippen LogP contribution in [-0.2, 0) is 0 Å². The minimum atomic E-state index is -0.388. The van der Waals surface area contributed by atoms with Crippen LogP contribution in [0, 0.1) is 6.92 Å². The minimum absolute atomic E-state index is 0.388. The molecule has 0 aliphatic carbocycles. The fourth-order valence-corrected chi connectivity index (χ4v) is 2.21. The van der Waals surface area contributed by atoms with Gasteiger partial charge in [-0.2, -0.15) is 0 Å². The average molecular weight is 271 g/mol. The summed E-state index contributed by atoms with van der Waals surface area (Å²) in [5.41, 5.74) is 2.01. The summed E-state index contributed by atoms with van der Waals surface area (Å²) in [7, 11) is 0. The maximum Gasteiger partial charge on any atom is 0.0839 e. The highest BCUT2D eigenvalue weighted by atomic mass is 35.5. The van der Waals surface area contributed by atoms with Crippen LogP contribution < -0.4 is 5.32 Å². The lowest BCUT2D eigenvalue weighted by Crippen LogP contribution is -2.36. The summed E-state index contributed by atoms with van der Waals surface area (Å²) in [5, 5.41) is 13.9. The molecule has 3 nitrogen and oxygen atoms in total. The average Bonchev–Trinajstić information content (AvgIpc) is 2.35. The molecule has 1 aromatic carbocycles. The molecule has 0 aromatic heterocycles. The van der Waals surface area contributed by atoms with E-state index in [0.29, 0.717) is 18.1 Å². The molecule has 0 amide bonds. The number of aliphatic hydroxyl groups excluding tert-OH is 1. The maximum absolute atomic E-state index is 9.98. The number of benzene rings is 1. The van der Waals surface area contributed by atoms with Gasteiger partial charge in [0.05, 0.1) is 16.8 Å². The smallest absolute Gasteiger partial charge is 0.0839 e. The standard InChI is InChI=1S/C14H23ClN2O/c1-4-17(5-2)10-12(18)9-16-14-11(3)7-6-8-13(14)15/h6-8,12,16,18H,4-5,9-10H2,1-3H3. The number of nitrogens with zero attached hydrogens (tertiary/aromatic N) is 1. The fraction of sp³-hybridized carbons (Fsp3) is 0.571. The molecule has 18 heavy (non-hydrogen) atoms. The molecule has 0 spiro atoms. The van der Waals surface area contributed by atoms with Gasteiger partial charge in [0.1, 0.15) is 0 Å². The van der Waals surface area contributed by atoms with E-state index >= 15 is 0 Å². The molecule has 0 saturated heterocycles. The summed E-state index contributed by atoms with van der Waals surface area (Å²) in [5.74, 6) is 0. The van der Waals surface area contributed by atoms with E-state index in [9.17, 15) is 5.11 Å². The largest absolute Gasteiger partial charge is 0.390 e. The summed E-state index contributed by atoms with van der Waals surface area (Å²) in [4.78, 5) is 2.20. The number of hydrogen-bond donors (Lipinski definition) is 2. The van der Waals surface area contributed by atoms with E-state index in [1.165, 1.54) is 0 Å². The highest BCUT2D eigenvalue weighted by molar-refractivity contribution is 6.33. The number of likely N-dealkylation sites (N-methyl/N-ethyl adjacent to an activating group) is 1. The molecule has 1 atom stereocenters. The van der Waals surface area contributed by atoms with Gasteiger partial charge in [0, 0.05) is 13.1 Å². The second kappa shape index (κ2) is 7.62. The Morgan fingerprint density at radius 3 is 2.56 bits per heavy atom. The van der Waals surface area contributed by atoms with Crippen LogP contribution in [0.25, 0.3) is 0 Å². The van der Waals surface area contributed by atoms with Crippen LogP contribution in [0.5, 0.6) is 0 Å². The van der Waals surface area contributed by atoms with Crippen molar-refractivity contribution in [2.24, 2.45) is 0 Å². The molecule has 0 saturated carbocycles. The zero-order valence-electron chi connectivity index (χ0n) is 11.4. The third-order valence-electron chi connectivity index (χ3n) is 3.10. The Bertz CT molecular complexity index is 347. The van der Waals surface area contributed by atoms with Gasteiger partial charge in [0.25, 0.3) is 0 Å². The molecular weight excluding hydrogens is 248 g/mol. The highest BCUT2D eigenvalue weighted by Crippen LogP contribution is 2.24. The lowest BCUT2D eigenvalue weighted by molar-refractivity contribution is 0.128. The quantitative estimate of drug-likeness (QED) is 0.800. The van der Waals surface area contributed by atoms with E-state index in [2.05, 4.69) is 24.1 Å². The minimum Gasteiger partial charge on any atom is -0.390 e. The van der Waals surface area contributed by atoms with Gasteiger partial charge in [-0.15, -0.1) is 0 Å². The lowest BCUT2D eigenvalue weighted by Gasteiger charge is -2.22. The fourth-order valence-electron chi connectivity index (χ4n) is 1.92. The predicted molar refractivity (Wildman–Crippen MR) is 78.5 cm³/mol. The second-order valence-electron chi connectivity index (χ2n) is 4.45. The Balaban J connectivity index is 2.49. The first kappa shape index (κ1) is 15.3. The van der Waals surface area contributed by atoms with Gasteiger partial charge in [0.2, 0.25) is 0 Å². The molecule has 0 radical (unpaired) electrons. The topological polar surface area (TPSA) is 35.5 Å². The molecule has 0 heterocycles. The highest BCUT2D eigenvalue weighted by Gasteiger charge is 2.10. The number of aliphatic hydroxyl groups is 1. The number of aryl methyl sites for hydroxylation is 1. The number of rotatable bonds is 7. The summed E-state index contributed by atoms with van der Waals surface area (Å²) >= 11 is 6.12. The first-order valence-electron chi connectivity index (χ1n) is 6.47. The van der Waals surface area contributed by atoms with Gasteiger partial charge in [-0.1, -0.05) is 37.6 Å². The van der Waals surface area contributed by atoms with Crippen molar-refractivity contribution in [1.29, 1.82) is 0 Å². The molecule has 0 bridgehead atoms. The Kier molecular flexibility index (Phi) is 6.47. The molecule has 2 N–H and O–H groups in total. The third-order valence-corrected chi connectivity index (χ3v) is 3.41. The number of hydrogen-bond acceptors (Lipinski definition) is 3. The number of nitrogens with one attached hydrogen (secondary N) is 1. The number of para-hydroxylation sites is 1. The van der Waals surface area contributed by atoms with E-state index < -0.39 is 0 Å². The first-order valence-corrected chi connectivity index (χ1v) is 6.85. The summed E-state index contributed by atoms with van der Waals surface area (Å²) in [6.45, 7) is 9.32. The van der Waals surface area contributed by atoms with Gasteiger partial charge < -0.3 is 15.3 Å². The van der Waals surface area contributed by atoms with Gasteiger partial charge >= 0.3 is 0 Å². The third kappa shape index (κ3) is 4.48. The van der Waals surface area contributed by atoms with Crippen molar-refractivity contribution in [3.63, 3.8) is 0 Å². The van der Waals surface area contributed by atoms with Gasteiger partial charge in [0.15, 0.2) is 0 Å². The SMILES string of the molecule is CCN(CC)CC(O)CNc1c(C)cccc1Cl. The van der Waals surface area contributed by atoms with Crippen LogP contribution in [0.3, 0.4) is 0 Å². The number of anilines is 1. The zero-order valence-corrected chi connectivity index (χ0v) is 12.2. The molecular formula is C14H23ClN2O. The van der Waals surface area contributed by atoms with Crippen LogP contribution in [-0.4, -0.2) is 42.3 Å². The van der Waals surface area contributed by atoms with Crippen molar-refractivity contribution >= 4 is 17.3 Å². The van der Waals surface area contributed by atoms with Crippen molar-refractivity contribution < 1.29 is 5.11 Å². The van der Waals surface area contributed by atoms with Crippen molar-refractivity contribution in [2.75, 3.05) is 31.5 Å². The van der Waals surface area contributed by atoms with Crippen molar-refractivity contribution in [3.05, 3.63) is 28.8 Å². The lowest BCUT2D eigenvalue weighted by atomic mass is 10.2. The summed E-state index contributed by atoms with van der Waals surface area (Å²) in [6, 6.07) is 5.79. The van der Waals surface area contributed by atoms with E-state index in [1.807, 2.05) is 25.1 Å². The van der Waals surface area contributed by atoms with Crippen molar-refractivity contribution in [2.45, 2.75) is 26.9 Å². The molecule has 1 unspecified atom stereocenters. The van der Waals surface area contributed by atoms with Gasteiger partial charge in [-0.3, -0.25) is 0 Å². The molecule has 102 valence electrons. The van der Waals surface area contributed by atoms with Crippen LogP contribution in [0.1, 0.15) is 19.4 Å². The Morgan fingerprint density at radius 1 is 1.33 bits per heavy atom. The normalized spacial score (nSPS) is 12.8. The second-order valence-corrected chi connectivity index (χ2v) is 4.86. The van der Waals surface area contributed by atoms with E-state index in [4.69, 9.17) is 11.6 Å². The summed E-state index contributed by atoms with van der Waals surface area (Å²) < 4.78 is 0. The van der Waals surface area contributed by atoms with Gasteiger partial charge in [-0.05, 0) is 31.6 Å². The van der Waals surface area contributed by atoms with Crippen LogP contribution in [0.15, 0.2) is 18.2 Å². The van der Waals surface area contributed by atoms with Crippen LogP contribution >= 0.6 is 11.6 Å². The van der Waals surface area contributed by atoms with Crippen LogP contribution in [0.4, 0.5) is 5.69 Å². The molecule has 1 rings (SSSR count). The molecule has 0 fully saturated rings. The van der Waals surface area contributed by atoms with E-state index in [-0.39, 0.29) is 6.10 Å². The molecule has 0 aliphatic rings. The summed E-state index contributed by atoms with van der Waals surface area (Å²) in [6.07, 6.45) is -0.388. The van der Waals surface area contributed by atoms with Crippen molar-refractivity contribution in [1.82, 2.24) is 4.90 Å². The number of halogens is 1. The van der Waals surface area contributed by atoms with Crippen molar-refractivity contribution in [3.8, 4) is 0 Å². The maximum atomic E-state index is 9.98. The Morgan fingerprint density at radius 2 is 2.00 bits per heavy atom. The molecule has 0 aliphatic heterocycles. The Labute approximate surface area is 115 Å². The monoisotopic (exact) mass is 270 g/mol. The first-order chi connectivity index (χ1) is 8.58. The predicted octanol–water partition coefficient (Wildman–Crippen LogP) is 2.76. The van der Waals surface area contributed by atoms with E-state index in [1.54, 1.807) is 0 Å².